The SMILES string of the molecule is CCCN1CCOc2c(O)cc(-c3cccc(Cl)c3)cc2C1. The van der Waals surface area contributed by atoms with Crippen LogP contribution in [0.5, 0.6) is 11.5 Å². The Morgan fingerprint density at radius 2 is 2.09 bits per heavy atom. The van der Waals surface area contributed by atoms with Gasteiger partial charge in [-0.2, -0.15) is 0 Å². The first-order valence-corrected chi connectivity index (χ1v) is 8.02. The normalized spacial score (nSPS) is 15.0. The van der Waals surface area contributed by atoms with E-state index in [2.05, 4.69) is 17.9 Å². The van der Waals surface area contributed by atoms with E-state index in [1.165, 1.54) is 0 Å². The van der Waals surface area contributed by atoms with Crippen LogP contribution < -0.4 is 4.74 Å². The minimum Gasteiger partial charge on any atom is -0.504 e. The zero-order valence-electron chi connectivity index (χ0n) is 12.7. The van der Waals surface area contributed by atoms with Gasteiger partial charge in [-0.25, -0.2) is 0 Å². The maximum absolute atomic E-state index is 10.3. The largest absolute Gasteiger partial charge is 0.504 e. The maximum Gasteiger partial charge on any atom is 0.165 e. The van der Waals surface area contributed by atoms with Gasteiger partial charge < -0.3 is 9.84 Å². The van der Waals surface area contributed by atoms with E-state index in [0.29, 0.717) is 17.4 Å². The van der Waals surface area contributed by atoms with Gasteiger partial charge in [0.25, 0.3) is 0 Å². The highest BCUT2D eigenvalue weighted by atomic mass is 35.5. The van der Waals surface area contributed by atoms with Crippen LogP contribution in [0.2, 0.25) is 5.02 Å². The van der Waals surface area contributed by atoms with Crippen LogP contribution in [-0.4, -0.2) is 29.7 Å². The molecule has 3 rings (SSSR count). The Labute approximate surface area is 136 Å². The maximum atomic E-state index is 10.3. The van der Waals surface area contributed by atoms with Crippen LogP contribution >= 0.6 is 11.6 Å². The molecule has 0 aliphatic carbocycles. The summed E-state index contributed by atoms with van der Waals surface area (Å²) in [6, 6.07) is 11.5. The highest BCUT2D eigenvalue weighted by Crippen LogP contribution is 2.38. The van der Waals surface area contributed by atoms with Crippen molar-refractivity contribution in [3.63, 3.8) is 0 Å². The lowest BCUT2D eigenvalue weighted by Crippen LogP contribution is -2.26. The molecule has 22 heavy (non-hydrogen) atoms. The van der Waals surface area contributed by atoms with E-state index in [4.69, 9.17) is 16.3 Å². The van der Waals surface area contributed by atoms with Gasteiger partial charge in [-0.05, 0) is 48.4 Å². The summed E-state index contributed by atoms with van der Waals surface area (Å²) in [5.74, 6) is 0.815. The number of ether oxygens (including phenoxy) is 1. The Balaban J connectivity index is 2.00. The first kappa shape index (κ1) is 15.2. The zero-order valence-corrected chi connectivity index (χ0v) is 13.4. The molecule has 4 heteroatoms. The van der Waals surface area contributed by atoms with Crippen LogP contribution in [0.1, 0.15) is 18.9 Å². The summed E-state index contributed by atoms with van der Waals surface area (Å²) >= 11 is 6.07. The Morgan fingerprint density at radius 3 is 2.86 bits per heavy atom. The van der Waals surface area contributed by atoms with Gasteiger partial charge in [0.2, 0.25) is 0 Å². The molecule has 3 nitrogen and oxygen atoms in total. The number of phenols is 1. The van der Waals surface area contributed by atoms with Crippen LogP contribution in [0.25, 0.3) is 11.1 Å². The minimum absolute atomic E-state index is 0.200. The Kier molecular flexibility index (Phi) is 4.55. The van der Waals surface area contributed by atoms with Gasteiger partial charge in [-0.3, -0.25) is 4.90 Å². The van der Waals surface area contributed by atoms with Crippen molar-refractivity contribution in [1.82, 2.24) is 4.90 Å². The van der Waals surface area contributed by atoms with Gasteiger partial charge >= 0.3 is 0 Å². The van der Waals surface area contributed by atoms with Gasteiger partial charge in [0.1, 0.15) is 6.61 Å². The molecule has 0 atom stereocenters. The van der Waals surface area contributed by atoms with Crippen LogP contribution in [0.3, 0.4) is 0 Å². The molecule has 0 radical (unpaired) electrons. The van der Waals surface area contributed by atoms with Crippen LogP contribution in [0.15, 0.2) is 36.4 Å². The Hall–Kier alpha value is -1.71. The van der Waals surface area contributed by atoms with Gasteiger partial charge in [0.15, 0.2) is 11.5 Å². The smallest absolute Gasteiger partial charge is 0.165 e. The Morgan fingerprint density at radius 1 is 1.23 bits per heavy atom. The van der Waals surface area contributed by atoms with Gasteiger partial charge in [-0.1, -0.05) is 30.7 Å². The number of phenolic OH excluding ortho intramolecular Hbond substituents is 1. The molecule has 1 aliphatic heterocycles. The summed E-state index contributed by atoms with van der Waals surface area (Å²) in [6.45, 7) is 5.49. The second kappa shape index (κ2) is 6.59. The molecule has 0 aromatic heterocycles. The average Bonchev–Trinajstić information content (AvgIpc) is 2.70. The number of hydrogen-bond acceptors (Lipinski definition) is 3. The van der Waals surface area contributed by atoms with Crippen LogP contribution in [-0.2, 0) is 6.54 Å². The van der Waals surface area contributed by atoms with Crippen molar-refractivity contribution in [2.75, 3.05) is 19.7 Å². The van der Waals surface area contributed by atoms with E-state index in [-0.39, 0.29) is 5.75 Å². The summed E-state index contributed by atoms with van der Waals surface area (Å²) in [7, 11) is 0. The van der Waals surface area contributed by atoms with Crippen molar-refractivity contribution in [3.8, 4) is 22.6 Å². The minimum atomic E-state index is 0.200. The van der Waals surface area contributed by atoms with E-state index in [1.807, 2.05) is 24.3 Å². The first-order valence-electron chi connectivity index (χ1n) is 7.64. The highest BCUT2D eigenvalue weighted by Gasteiger charge is 2.19. The fourth-order valence-electron chi connectivity index (χ4n) is 2.89. The molecule has 1 heterocycles. The first-order chi connectivity index (χ1) is 10.7. The average molecular weight is 318 g/mol. The summed E-state index contributed by atoms with van der Waals surface area (Å²) in [6.07, 6.45) is 1.11. The van der Waals surface area contributed by atoms with E-state index in [9.17, 15) is 5.11 Å². The van der Waals surface area contributed by atoms with E-state index in [1.54, 1.807) is 6.07 Å². The predicted octanol–water partition coefficient (Wildman–Crippen LogP) is 4.32. The Bertz CT molecular complexity index is 672. The van der Waals surface area contributed by atoms with Crippen molar-refractivity contribution >= 4 is 11.6 Å². The van der Waals surface area contributed by atoms with Gasteiger partial charge in [0, 0.05) is 23.7 Å². The summed E-state index contributed by atoms with van der Waals surface area (Å²) in [5.41, 5.74) is 2.98. The molecule has 0 unspecified atom stereocenters. The summed E-state index contributed by atoms with van der Waals surface area (Å²) in [5, 5.41) is 11.0. The second-order valence-electron chi connectivity index (χ2n) is 5.62. The van der Waals surface area contributed by atoms with E-state index < -0.39 is 0 Å². The number of benzene rings is 2. The monoisotopic (exact) mass is 317 g/mol. The standard InChI is InChI=1S/C18H20ClNO2/c1-2-6-20-7-8-22-18-15(12-20)9-14(11-17(18)21)13-4-3-5-16(19)10-13/h3-5,9-11,21H,2,6-8,12H2,1H3. The third kappa shape index (κ3) is 3.21. The predicted molar refractivity (Wildman–Crippen MR) is 89.6 cm³/mol. The van der Waals surface area contributed by atoms with Crippen molar-refractivity contribution in [2.24, 2.45) is 0 Å². The molecule has 0 spiro atoms. The second-order valence-corrected chi connectivity index (χ2v) is 6.06. The molecule has 1 aliphatic rings. The molecule has 2 aromatic carbocycles. The fraction of sp³-hybridized carbons (Fsp3) is 0.333. The fourth-order valence-corrected chi connectivity index (χ4v) is 3.09. The highest BCUT2D eigenvalue weighted by molar-refractivity contribution is 6.30. The molecule has 0 saturated heterocycles. The topological polar surface area (TPSA) is 32.7 Å². The summed E-state index contributed by atoms with van der Waals surface area (Å²) < 4.78 is 5.75. The number of hydrogen-bond donors (Lipinski definition) is 1. The lowest BCUT2D eigenvalue weighted by atomic mass is 10.0. The third-order valence-electron chi connectivity index (χ3n) is 3.89. The molecular weight excluding hydrogens is 298 g/mol. The molecular formula is C18H20ClNO2. The molecule has 0 saturated carbocycles. The lowest BCUT2D eigenvalue weighted by molar-refractivity contribution is 0.223. The summed E-state index contributed by atoms with van der Waals surface area (Å²) in [4.78, 5) is 2.35. The van der Waals surface area contributed by atoms with Gasteiger partial charge in [0.05, 0.1) is 0 Å². The third-order valence-corrected chi connectivity index (χ3v) is 4.13. The van der Waals surface area contributed by atoms with Crippen molar-refractivity contribution < 1.29 is 9.84 Å². The van der Waals surface area contributed by atoms with Crippen LogP contribution in [0, 0.1) is 0 Å². The number of nitrogens with zero attached hydrogens (tertiary/aromatic N) is 1. The quantitative estimate of drug-likeness (QED) is 0.915. The molecule has 1 N–H and O–H groups in total. The number of halogens is 1. The zero-order chi connectivity index (χ0) is 15.5. The number of rotatable bonds is 3. The van der Waals surface area contributed by atoms with Crippen molar-refractivity contribution in [1.29, 1.82) is 0 Å². The lowest BCUT2D eigenvalue weighted by Gasteiger charge is -2.18. The molecule has 0 fully saturated rings. The van der Waals surface area contributed by atoms with E-state index >= 15 is 0 Å². The molecule has 0 bridgehead atoms. The van der Waals surface area contributed by atoms with E-state index in [0.717, 1.165) is 42.7 Å². The molecule has 116 valence electrons. The number of aromatic hydroxyl groups is 1. The van der Waals surface area contributed by atoms with Crippen molar-refractivity contribution in [3.05, 3.63) is 47.0 Å². The number of fused-ring (bicyclic) bond motifs is 1. The molecule has 0 amide bonds. The van der Waals surface area contributed by atoms with Gasteiger partial charge in [-0.15, -0.1) is 0 Å². The molecule has 2 aromatic rings. The van der Waals surface area contributed by atoms with Crippen molar-refractivity contribution in [2.45, 2.75) is 19.9 Å². The van der Waals surface area contributed by atoms with Crippen LogP contribution in [0.4, 0.5) is 0 Å².